The van der Waals surface area contributed by atoms with Crippen LogP contribution in [0, 0.1) is 0 Å². The highest BCUT2D eigenvalue weighted by Gasteiger charge is 2.18. The maximum Gasteiger partial charge on any atom is 0.0728 e. The third-order valence-corrected chi connectivity index (χ3v) is 9.46. The summed E-state index contributed by atoms with van der Waals surface area (Å²) in [4.78, 5) is 10.6. The van der Waals surface area contributed by atoms with Crippen LogP contribution in [0.4, 0.5) is 0 Å². The second kappa shape index (κ2) is 12.8. The number of aromatic nitrogens is 2. The van der Waals surface area contributed by atoms with Crippen molar-refractivity contribution in [3.8, 4) is 67.2 Å². The highest BCUT2D eigenvalue weighted by Crippen LogP contribution is 2.42. The van der Waals surface area contributed by atoms with Crippen LogP contribution in [0.3, 0.4) is 0 Å². The topological polar surface area (TPSA) is 25.8 Å². The fourth-order valence-corrected chi connectivity index (χ4v) is 7.00. The van der Waals surface area contributed by atoms with Crippen molar-refractivity contribution >= 4 is 21.7 Å². The molecule has 0 aliphatic heterocycles. The Labute approximate surface area is 292 Å². The van der Waals surface area contributed by atoms with E-state index in [-0.39, 0.29) is 0 Å². The maximum absolute atomic E-state index is 5.35. The summed E-state index contributed by atoms with van der Waals surface area (Å²) in [6.07, 6.45) is 0. The SMILES string of the molecule is c1ccc(-c2ccc(-c3cc(-c4cc5nc(-c6ccccc6)cc(-c6ccccc6)c5c5ccccc45)cc(-c4ccccc4)n3)cc2)cc1. The first-order chi connectivity index (χ1) is 24.8. The molecule has 2 heteroatoms. The van der Waals surface area contributed by atoms with Gasteiger partial charge in [0.05, 0.1) is 22.6 Å². The van der Waals surface area contributed by atoms with Crippen molar-refractivity contribution < 1.29 is 0 Å². The average molecular weight is 637 g/mol. The van der Waals surface area contributed by atoms with Crippen LogP contribution in [-0.4, -0.2) is 9.97 Å². The van der Waals surface area contributed by atoms with Crippen LogP contribution in [0.5, 0.6) is 0 Å². The van der Waals surface area contributed by atoms with Gasteiger partial charge < -0.3 is 0 Å². The Morgan fingerprint density at radius 2 is 0.680 bits per heavy atom. The molecule has 0 atom stereocenters. The van der Waals surface area contributed by atoms with Crippen molar-refractivity contribution in [2.45, 2.75) is 0 Å². The molecule has 0 saturated carbocycles. The van der Waals surface area contributed by atoms with Gasteiger partial charge in [0.2, 0.25) is 0 Å². The van der Waals surface area contributed by atoms with Crippen LogP contribution >= 0.6 is 0 Å². The Kier molecular flexibility index (Phi) is 7.53. The van der Waals surface area contributed by atoms with Crippen molar-refractivity contribution in [2.75, 3.05) is 0 Å². The molecule has 0 aliphatic rings. The molecular formula is C48H32N2. The van der Waals surface area contributed by atoms with Crippen molar-refractivity contribution in [1.82, 2.24) is 9.97 Å². The molecule has 0 unspecified atom stereocenters. The van der Waals surface area contributed by atoms with E-state index < -0.39 is 0 Å². The van der Waals surface area contributed by atoms with E-state index in [0.29, 0.717) is 0 Å². The molecule has 2 aromatic heterocycles. The van der Waals surface area contributed by atoms with Crippen molar-refractivity contribution in [1.29, 1.82) is 0 Å². The summed E-state index contributed by atoms with van der Waals surface area (Å²) in [6.45, 7) is 0. The number of hydrogen-bond donors (Lipinski definition) is 0. The van der Waals surface area contributed by atoms with Gasteiger partial charge in [0.15, 0.2) is 0 Å². The molecule has 0 fully saturated rings. The quantitative estimate of drug-likeness (QED) is 0.170. The molecule has 0 aliphatic carbocycles. The molecule has 0 bridgehead atoms. The Morgan fingerprint density at radius 1 is 0.260 bits per heavy atom. The third kappa shape index (κ3) is 5.53. The lowest BCUT2D eigenvalue weighted by molar-refractivity contribution is 1.32. The molecule has 0 spiro atoms. The van der Waals surface area contributed by atoms with Crippen LogP contribution in [0.25, 0.3) is 88.8 Å². The van der Waals surface area contributed by atoms with Crippen LogP contribution in [0.15, 0.2) is 194 Å². The molecule has 7 aromatic carbocycles. The summed E-state index contributed by atoms with van der Waals surface area (Å²) in [6, 6.07) is 68.6. The molecule has 9 aromatic rings. The Bertz CT molecular complexity index is 2600. The Balaban J connectivity index is 1.29. The molecular weight excluding hydrogens is 605 g/mol. The number of hydrogen-bond acceptors (Lipinski definition) is 2. The maximum atomic E-state index is 5.35. The van der Waals surface area contributed by atoms with Crippen LogP contribution in [0.2, 0.25) is 0 Å². The normalized spacial score (nSPS) is 11.2. The molecule has 0 saturated heterocycles. The smallest absolute Gasteiger partial charge is 0.0728 e. The van der Waals surface area contributed by atoms with Crippen molar-refractivity contribution in [2.24, 2.45) is 0 Å². The van der Waals surface area contributed by atoms with Gasteiger partial charge in [-0.05, 0) is 68.4 Å². The first kappa shape index (κ1) is 29.5. The first-order valence-electron chi connectivity index (χ1n) is 17.0. The zero-order valence-electron chi connectivity index (χ0n) is 27.4. The van der Waals surface area contributed by atoms with E-state index in [4.69, 9.17) is 9.97 Å². The number of rotatable bonds is 6. The van der Waals surface area contributed by atoms with Gasteiger partial charge in [0, 0.05) is 22.1 Å². The number of benzene rings is 7. The van der Waals surface area contributed by atoms with E-state index in [9.17, 15) is 0 Å². The lowest BCUT2D eigenvalue weighted by Gasteiger charge is -2.17. The van der Waals surface area contributed by atoms with Crippen LogP contribution in [-0.2, 0) is 0 Å². The second-order valence-electron chi connectivity index (χ2n) is 12.6. The summed E-state index contributed by atoms with van der Waals surface area (Å²) in [5.74, 6) is 0. The van der Waals surface area contributed by atoms with Gasteiger partial charge in [-0.2, -0.15) is 0 Å². The lowest BCUT2D eigenvalue weighted by Crippen LogP contribution is -1.95. The fourth-order valence-electron chi connectivity index (χ4n) is 7.00. The van der Waals surface area contributed by atoms with Gasteiger partial charge in [-0.3, -0.25) is 0 Å². The summed E-state index contributed by atoms with van der Waals surface area (Å²) in [7, 11) is 0. The molecule has 50 heavy (non-hydrogen) atoms. The monoisotopic (exact) mass is 636 g/mol. The van der Waals surface area contributed by atoms with E-state index >= 15 is 0 Å². The molecule has 0 N–H and O–H groups in total. The minimum Gasteiger partial charge on any atom is -0.248 e. The van der Waals surface area contributed by atoms with Crippen molar-refractivity contribution in [3.63, 3.8) is 0 Å². The van der Waals surface area contributed by atoms with E-state index in [1.165, 1.54) is 33.0 Å². The molecule has 234 valence electrons. The minimum absolute atomic E-state index is 0.932. The predicted octanol–water partition coefficient (Wildman–Crippen LogP) is 12.8. The Hall–Kier alpha value is -6.64. The van der Waals surface area contributed by atoms with E-state index in [0.717, 1.165) is 55.8 Å². The van der Waals surface area contributed by atoms with Gasteiger partial charge in [-0.25, -0.2) is 9.97 Å². The van der Waals surface area contributed by atoms with Gasteiger partial charge >= 0.3 is 0 Å². The number of nitrogens with zero attached hydrogens (tertiary/aromatic N) is 2. The van der Waals surface area contributed by atoms with Crippen LogP contribution in [0.1, 0.15) is 0 Å². The zero-order valence-corrected chi connectivity index (χ0v) is 27.4. The molecule has 2 nitrogen and oxygen atoms in total. The largest absolute Gasteiger partial charge is 0.248 e. The molecule has 0 amide bonds. The lowest BCUT2D eigenvalue weighted by atomic mass is 9.89. The summed E-state index contributed by atoms with van der Waals surface area (Å²) in [5, 5.41) is 3.52. The summed E-state index contributed by atoms with van der Waals surface area (Å²) < 4.78 is 0. The standard InChI is InChI=1S/C48H32N2/c1-5-15-33(16-6-1)34-25-27-38(28-26-34)45-30-39(29-44(49-45)36-19-9-3-10-20-36)42-31-47-48(41-24-14-13-23-40(41)42)43(35-17-7-2-8-18-35)32-46(50-47)37-21-11-4-12-22-37/h1-32H. The molecule has 2 heterocycles. The summed E-state index contributed by atoms with van der Waals surface area (Å²) >= 11 is 0. The van der Waals surface area contributed by atoms with Gasteiger partial charge in [-0.15, -0.1) is 0 Å². The van der Waals surface area contributed by atoms with E-state index in [2.05, 4.69) is 188 Å². The van der Waals surface area contributed by atoms with Crippen molar-refractivity contribution in [3.05, 3.63) is 194 Å². The van der Waals surface area contributed by atoms with Gasteiger partial charge in [-0.1, -0.05) is 170 Å². The highest BCUT2D eigenvalue weighted by molar-refractivity contribution is 6.18. The zero-order chi connectivity index (χ0) is 33.3. The first-order valence-corrected chi connectivity index (χ1v) is 17.0. The molecule has 9 rings (SSSR count). The second-order valence-corrected chi connectivity index (χ2v) is 12.6. The third-order valence-electron chi connectivity index (χ3n) is 9.46. The van der Waals surface area contributed by atoms with Gasteiger partial charge in [0.25, 0.3) is 0 Å². The fraction of sp³-hybridized carbons (Fsp3) is 0. The Morgan fingerprint density at radius 3 is 1.26 bits per heavy atom. The van der Waals surface area contributed by atoms with E-state index in [1.54, 1.807) is 0 Å². The highest BCUT2D eigenvalue weighted by atomic mass is 14.7. The number of fused-ring (bicyclic) bond motifs is 3. The minimum atomic E-state index is 0.932. The predicted molar refractivity (Wildman–Crippen MR) is 210 cm³/mol. The summed E-state index contributed by atoms with van der Waals surface area (Å²) in [5.41, 5.74) is 14.0. The number of pyridine rings is 2. The van der Waals surface area contributed by atoms with Crippen LogP contribution < -0.4 is 0 Å². The molecule has 0 radical (unpaired) electrons. The average Bonchev–Trinajstić information content (AvgIpc) is 3.21. The van der Waals surface area contributed by atoms with Gasteiger partial charge in [0.1, 0.15) is 0 Å². The van der Waals surface area contributed by atoms with E-state index in [1.807, 2.05) is 6.07 Å².